The van der Waals surface area contributed by atoms with Gasteiger partial charge in [-0.2, -0.15) is 30.7 Å². The predicted molar refractivity (Wildman–Crippen MR) is 58.8 cm³/mol. The molecular formula is C11H4BrF7O. The second-order valence-electron chi connectivity index (χ2n) is 3.94. The molecule has 9 heteroatoms. The predicted octanol–water partition coefficient (Wildman–Crippen LogP) is 5.48. The average molecular weight is 365 g/mol. The van der Waals surface area contributed by atoms with Crippen LogP contribution in [0.25, 0.3) is 11.0 Å². The first kappa shape index (κ1) is 15.1. The summed E-state index contributed by atoms with van der Waals surface area (Å²) in [7, 11) is 0. The van der Waals surface area contributed by atoms with Crippen molar-refractivity contribution in [3.63, 3.8) is 0 Å². The van der Waals surface area contributed by atoms with Gasteiger partial charge in [-0.05, 0) is 24.3 Å². The number of alkyl halides is 7. The fraction of sp³-hybridized carbons (Fsp3) is 0.273. The van der Waals surface area contributed by atoms with Crippen LogP contribution in [0.2, 0.25) is 0 Å². The van der Waals surface area contributed by atoms with E-state index in [-0.39, 0.29) is 11.0 Å². The zero-order valence-corrected chi connectivity index (χ0v) is 10.8. The van der Waals surface area contributed by atoms with Crippen LogP contribution in [-0.2, 0) is 5.92 Å². The SMILES string of the molecule is FC(F)(F)C(F)(F)C(F)(F)c1cc2cc(Br)ccc2o1. The van der Waals surface area contributed by atoms with Gasteiger partial charge < -0.3 is 4.42 Å². The standard InChI is InChI=1S/C11H4BrF7O/c12-6-1-2-7-5(3-6)4-8(20-7)9(13,14)10(15,16)11(17,18)19/h1-4H. The quantitative estimate of drug-likeness (QED) is 0.642. The summed E-state index contributed by atoms with van der Waals surface area (Å²) in [4.78, 5) is 0. The summed E-state index contributed by atoms with van der Waals surface area (Å²) in [5.41, 5.74) is -0.221. The molecule has 1 heterocycles. The molecule has 0 aliphatic carbocycles. The Morgan fingerprint density at radius 3 is 2.05 bits per heavy atom. The maximum Gasteiger partial charge on any atom is 0.460 e. The molecule has 0 bridgehead atoms. The van der Waals surface area contributed by atoms with Crippen LogP contribution in [0, 0.1) is 0 Å². The van der Waals surface area contributed by atoms with Gasteiger partial charge in [-0.1, -0.05) is 15.9 Å². The number of halogens is 8. The Balaban J connectivity index is 2.57. The summed E-state index contributed by atoms with van der Waals surface area (Å²) >= 11 is 3.01. The molecule has 1 aromatic carbocycles. The van der Waals surface area contributed by atoms with Crippen molar-refractivity contribution in [1.82, 2.24) is 0 Å². The van der Waals surface area contributed by atoms with Gasteiger partial charge in [0.05, 0.1) is 0 Å². The Hall–Kier alpha value is -1.25. The van der Waals surface area contributed by atoms with Gasteiger partial charge >= 0.3 is 18.0 Å². The number of fused-ring (bicyclic) bond motifs is 1. The Morgan fingerprint density at radius 1 is 0.900 bits per heavy atom. The molecule has 0 unspecified atom stereocenters. The first-order chi connectivity index (χ1) is 8.97. The molecule has 20 heavy (non-hydrogen) atoms. The highest BCUT2D eigenvalue weighted by molar-refractivity contribution is 9.10. The largest absolute Gasteiger partial charge is 0.460 e. The molecule has 0 N–H and O–H groups in total. The van der Waals surface area contributed by atoms with Crippen molar-refractivity contribution in [3.8, 4) is 0 Å². The molecule has 1 nitrogen and oxygen atoms in total. The average Bonchev–Trinajstić information content (AvgIpc) is 2.70. The van der Waals surface area contributed by atoms with E-state index in [9.17, 15) is 30.7 Å². The van der Waals surface area contributed by atoms with E-state index in [1.54, 1.807) is 0 Å². The zero-order valence-electron chi connectivity index (χ0n) is 9.24. The first-order valence-electron chi connectivity index (χ1n) is 4.99. The van der Waals surface area contributed by atoms with Crippen LogP contribution in [0.4, 0.5) is 30.7 Å². The van der Waals surface area contributed by atoms with Gasteiger partial charge in [-0.15, -0.1) is 0 Å². The van der Waals surface area contributed by atoms with Crippen LogP contribution in [0.5, 0.6) is 0 Å². The normalized spacial score (nSPS) is 14.0. The third-order valence-electron chi connectivity index (χ3n) is 2.54. The molecule has 0 atom stereocenters. The maximum atomic E-state index is 13.4. The molecule has 0 aliphatic rings. The van der Waals surface area contributed by atoms with Crippen LogP contribution >= 0.6 is 15.9 Å². The summed E-state index contributed by atoms with van der Waals surface area (Å²) in [5, 5.41) is -0.0213. The minimum Gasteiger partial charge on any atom is -0.454 e. The molecule has 0 amide bonds. The minimum atomic E-state index is -6.39. The van der Waals surface area contributed by atoms with Crippen molar-refractivity contribution in [1.29, 1.82) is 0 Å². The fourth-order valence-electron chi connectivity index (χ4n) is 1.50. The van der Waals surface area contributed by atoms with E-state index >= 15 is 0 Å². The summed E-state index contributed by atoms with van der Waals surface area (Å²) in [6.45, 7) is 0. The second-order valence-corrected chi connectivity index (χ2v) is 4.86. The Labute approximate surface area is 115 Å². The van der Waals surface area contributed by atoms with Gasteiger partial charge in [0.15, 0.2) is 5.76 Å². The van der Waals surface area contributed by atoms with Crippen molar-refractivity contribution in [3.05, 3.63) is 34.5 Å². The smallest absolute Gasteiger partial charge is 0.454 e. The molecule has 1 aromatic heterocycles. The zero-order chi connectivity index (χ0) is 15.3. The lowest BCUT2D eigenvalue weighted by Crippen LogP contribution is -2.49. The van der Waals surface area contributed by atoms with Crippen LogP contribution < -0.4 is 0 Å². The topological polar surface area (TPSA) is 13.1 Å². The lowest BCUT2D eigenvalue weighted by molar-refractivity contribution is -0.362. The van der Waals surface area contributed by atoms with Crippen LogP contribution in [-0.4, -0.2) is 12.1 Å². The van der Waals surface area contributed by atoms with Crippen molar-refractivity contribution >= 4 is 26.9 Å². The molecule has 0 aliphatic heterocycles. The van der Waals surface area contributed by atoms with Crippen molar-refractivity contribution in [2.75, 3.05) is 0 Å². The molecule has 0 saturated carbocycles. The van der Waals surface area contributed by atoms with Crippen LogP contribution in [0.3, 0.4) is 0 Å². The summed E-state index contributed by atoms with van der Waals surface area (Å²) in [6, 6.07) is 4.25. The molecule has 0 saturated heterocycles. The van der Waals surface area contributed by atoms with Crippen molar-refractivity contribution in [2.45, 2.75) is 18.0 Å². The van der Waals surface area contributed by atoms with E-state index in [0.29, 0.717) is 10.5 Å². The molecule has 0 fully saturated rings. The number of rotatable bonds is 2. The number of furan rings is 1. The summed E-state index contributed by atoms with van der Waals surface area (Å²) in [6.07, 6.45) is -6.39. The molecular weight excluding hydrogens is 361 g/mol. The van der Waals surface area contributed by atoms with Gasteiger partial charge in [0.2, 0.25) is 0 Å². The Bertz CT molecular complexity index is 644. The monoisotopic (exact) mass is 364 g/mol. The third kappa shape index (κ3) is 2.17. The summed E-state index contributed by atoms with van der Waals surface area (Å²) in [5.74, 6) is -13.5. The number of benzene rings is 1. The molecule has 2 rings (SSSR count). The number of hydrogen-bond donors (Lipinski definition) is 0. The van der Waals surface area contributed by atoms with E-state index in [1.165, 1.54) is 18.2 Å². The van der Waals surface area contributed by atoms with Gasteiger partial charge in [-0.25, -0.2) is 0 Å². The molecule has 2 aromatic rings. The first-order valence-corrected chi connectivity index (χ1v) is 5.78. The van der Waals surface area contributed by atoms with E-state index in [2.05, 4.69) is 20.3 Å². The molecule has 110 valence electrons. The van der Waals surface area contributed by atoms with Crippen LogP contribution in [0.15, 0.2) is 33.2 Å². The van der Waals surface area contributed by atoms with Gasteiger partial charge in [0.1, 0.15) is 5.58 Å². The van der Waals surface area contributed by atoms with Gasteiger partial charge in [-0.3, -0.25) is 0 Å². The number of hydrogen-bond acceptors (Lipinski definition) is 1. The minimum absolute atomic E-state index is 0.0213. The van der Waals surface area contributed by atoms with E-state index < -0.39 is 23.8 Å². The highest BCUT2D eigenvalue weighted by Crippen LogP contribution is 2.52. The lowest BCUT2D eigenvalue weighted by atomic mass is 10.1. The van der Waals surface area contributed by atoms with Gasteiger partial charge in [0, 0.05) is 9.86 Å². The van der Waals surface area contributed by atoms with Crippen molar-refractivity contribution in [2.24, 2.45) is 0 Å². The van der Waals surface area contributed by atoms with Crippen LogP contribution in [0.1, 0.15) is 5.76 Å². The van der Waals surface area contributed by atoms with E-state index in [0.717, 1.165) is 0 Å². The third-order valence-corrected chi connectivity index (χ3v) is 3.03. The fourth-order valence-corrected chi connectivity index (χ4v) is 1.88. The molecule has 0 spiro atoms. The highest BCUT2D eigenvalue weighted by atomic mass is 79.9. The van der Waals surface area contributed by atoms with E-state index in [1.807, 2.05) is 0 Å². The lowest BCUT2D eigenvalue weighted by Gasteiger charge is -2.26. The summed E-state index contributed by atoms with van der Waals surface area (Å²) < 4.78 is 93.5. The second kappa shape index (κ2) is 4.37. The Morgan fingerprint density at radius 2 is 1.50 bits per heavy atom. The van der Waals surface area contributed by atoms with E-state index in [4.69, 9.17) is 0 Å². The van der Waals surface area contributed by atoms with Gasteiger partial charge in [0.25, 0.3) is 0 Å². The van der Waals surface area contributed by atoms with Crippen molar-refractivity contribution < 1.29 is 35.2 Å². The maximum absolute atomic E-state index is 13.4. The Kier molecular flexibility index (Phi) is 3.31. The highest BCUT2D eigenvalue weighted by Gasteiger charge is 2.75. The molecule has 0 radical (unpaired) electrons.